The zero-order chi connectivity index (χ0) is 15.9. The van der Waals surface area contributed by atoms with Gasteiger partial charge in [0.15, 0.2) is 0 Å². The molecule has 0 unspecified atom stereocenters. The number of aromatic nitrogens is 1. The first-order chi connectivity index (χ1) is 11.9. The van der Waals surface area contributed by atoms with Crippen LogP contribution in [-0.4, -0.2) is 4.98 Å². The van der Waals surface area contributed by atoms with E-state index in [2.05, 4.69) is 84.9 Å². The second kappa shape index (κ2) is 5.17. The predicted molar refractivity (Wildman–Crippen MR) is 102 cm³/mol. The Morgan fingerprint density at radius 3 is 2.04 bits per heavy atom. The molecule has 112 valence electrons. The number of para-hydroxylation sites is 1. The topological polar surface area (TPSA) is 12.9 Å². The van der Waals surface area contributed by atoms with E-state index in [0.29, 0.717) is 0 Å². The number of nitrogens with zero attached hydrogens (tertiary/aromatic N) is 1. The van der Waals surface area contributed by atoms with Crippen molar-refractivity contribution in [3.05, 3.63) is 91.0 Å². The molecule has 0 amide bonds. The highest BCUT2D eigenvalue weighted by atomic mass is 14.7. The minimum absolute atomic E-state index is 1.04. The van der Waals surface area contributed by atoms with Gasteiger partial charge in [-0.1, -0.05) is 78.9 Å². The van der Waals surface area contributed by atoms with Crippen molar-refractivity contribution in [3.63, 3.8) is 0 Å². The van der Waals surface area contributed by atoms with E-state index in [0.717, 1.165) is 16.8 Å². The summed E-state index contributed by atoms with van der Waals surface area (Å²) in [6.45, 7) is 0. The van der Waals surface area contributed by atoms with Crippen LogP contribution in [0.3, 0.4) is 0 Å². The fourth-order valence-electron chi connectivity index (χ4n) is 3.46. The van der Waals surface area contributed by atoms with Gasteiger partial charge in [-0.2, -0.15) is 0 Å². The summed E-state index contributed by atoms with van der Waals surface area (Å²) in [6, 6.07) is 31.9. The van der Waals surface area contributed by atoms with Crippen molar-refractivity contribution in [2.24, 2.45) is 0 Å². The average molecular weight is 305 g/mol. The Bertz CT molecular complexity index is 1200. The van der Waals surface area contributed by atoms with E-state index in [-0.39, 0.29) is 0 Å². The van der Waals surface area contributed by atoms with Crippen LogP contribution in [0.1, 0.15) is 0 Å². The van der Waals surface area contributed by atoms with Crippen molar-refractivity contribution in [1.29, 1.82) is 0 Å². The number of pyridine rings is 1. The maximum Gasteiger partial charge on any atom is 0.0788 e. The van der Waals surface area contributed by atoms with E-state index in [1.807, 2.05) is 6.07 Å². The summed E-state index contributed by atoms with van der Waals surface area (Å²) in [5.41, 5.74) is 3.25. The maximum atomic E-state index is 4.98. The molecule has 5 rings (SSSR count). The van der Waals surface area contributed by atoms with E-state index >= 15 is 0 Å². The van der Waals surface area contributed by atoms with E-state index in [1.165, 1.54) is 26.9 Å². The first-order valence-electron chi connectivity index (χ1n) is 8.17. The molecule has 1 nitrogen and oxygen atoms in total. The fourth-order valence-corrected chi connectivity index (χ4v) is 3.46. The SMILES string of the molecule is c1ccc2cc(-c3nc4ccccc4c4ccccc34)ccc2c1. The molecule has 0 bridgehead atoms. The van der Waals surface area contributed by atoms with Gasteiger partial charge >= 0.3 is 0 Å². The van der Waals surface area contributed by atoms with Crippen LogP contribution < -0.4 is 0 Å². The molecule has 4 aromatic carbocycles. The highest BCUT2D eigenvalue weighted by molar-refractivity contribution is 6.11. The lowest BCUT2D eigenvalue weighted by molar-refractivity contribution is 1.43. The zero-order valence-corrected chi connectivity index (χ0v) is 13.1. The summed E-state index contributed by atoms with van der Waals surface area (Å²) < 4.78 is 0. The first kappa shape index (κ1) is 13.3. The van der Waals surface area contributed by atoms with E-state index < -0.39 is 0 Å². The van der Waals surface area contributed by atoms with E-state index in [1.54, 1.807) is 0 Å². The number of hydrogen-bond donors (Lipinski definition) is 0. The van der Waals surface area contributed by atoms with Crippen LogP contribution in [0, 0.1) is 0 Å². The Kier molecular flexibility index (Phi) is 2.86. The molecule has 0 aliphatic rings. The Morgan fingerprint density at radius 2 is 1.17 bits per heavy atom. The highest BCUT2D eigenvalue weighted by Gasteiger charge is 2.10. The normalized spacial score (nSPS) is 11.3. The minimum atomic E-state index is 1.04. The van der Waals surface area contributed by atoms with Gasteiger partial charge < -0.3 is 0 Å². The fraction of sp³-hybridized carbons (Fsp3) is 0. The highest BCUT2D eigenvalue weighted by Crippen LogP contribution is 2.33. The third-order valence-corrected chi connectivity index (χ3v) is 4.63. The standard InChI is InChI=1S/C23H15N/c1-2-8-17-15-18(14-13-16(17)7-1)23-21-11-4-3-9-19(21)20-10-5-6-12-22(20)24-23/h1-15H. The quantitative estimate of drug-likeness (QED) is 0.336. The number of benzene rings is 4. The number of rotatable bonds is 1. The molecule has 1 heteroatoms. The van der Waals surface area contributed by atoms with Crippen molar-refractivity contribution < 1.29 is 0 Å². The number of fused-ring (bicyclic) bond motifs is 4. The Balaban J connectivity index is 1.89. The van der Waals surface area contributed by atoms with Gasteiger partial charge in [0.05, 0.1) is 11.2 Å². The molecule has 0 fully saturated rings. The molecule has 0 saturated carbocycles. The van der Waals surface area contributed by atoms with Gasteiger partial charge in [-0.25, -0.2) is 4.98 Å². The molecule has 0 N–H and O–H groups in total. The monoisotopic (exact) mass is 305 g/mol. The molecule has 0 saturated heterocycles. The molecule has 1 aromatic heterocycles. The summed E-state index contributed by atoms with van der Waals surface area (Å²) in [7, 11) is 0. The molecule has 0 aliphatic heterocycles. The molecular weight excluding hydrogens is 290 g/mol. The van der Waals surface area contributed by atoms with Crippen molar-refractivity contribution >= 4 is 32.4 Å². The van der Waals surface area contributed by atoms with Gasteiger partial charge in [0.2, 0.25) is 0 Å². The van der Waals surface area contributed by atoms with Gasteiger partial charge in [0.25, 0.3) is 0 Å². The first-order valence-corrected chi connectivity index (χ1v) is 8.17. The van der Waals surface area contributed by atoms with Gasteiger partial charge in [-0.05, 0) is 28.3 Å². The van der Waals surface area contributed by atoms with Crippen molar-refractivity contribution in [3.8, 4) is 11.3 Å². The smallest absolute Gasteiger partial charge is 0.0788 e. The second-order valence-electron chi connectivity index (χ2n) is 6.09. The number of hydrogen-bond acceptors (Lipinski definition) is 1. The molecule has 0 atom stereocenters. The van der Waals surface area contributed by atoms with Gasteiger partial charge in [-0.3, -0.25) is 0 Å². The molecule has 24 heavy (non-hydrogen) atoms. The van der Waals surface area contributed by atoms with Crippen LogP contribution >= 0.6 is 0 Å². The lowest BCUT2D eigenvalue weighted by Gasteiger charge is -2.10. The van der Waals surface area contributed by atoms with Crippen LogP contribution in [0.2, 0.25) is 0 Å². The van der Waals surface area contributed by atoms with Crippen LogP contribution in [0.5, 0.6) is 0 Å². The van der Waals surface area contributed by atoms with Gasteiger partial charge in [0.1, 0.15) is 0 Å². The summed E-state index contributed by atoms with van der Waals surface area (Å²) in [6.07, 6.45) is 0. The predicted octanol–water partition coefficient (Wildman–Crippen LogP) is 6.21. The van der Waals surface area contributed by atoms with Gasteiger partial charge in [-0.15, -0.1) is 0 Å². The molecule has 0 aliphatic carbocycles. The Hall–Kier alpha value is -3.19. The zero-order valence-electron chi connectivity index (χ0n) is 13.1. The van der Waals surface area contributed by atoms with Crippen molar-refractivity contribution in [1.82, 2.24) is 4.98 Å². The molecule has 5 aromatic rings. The molecule has 1 heterocycles. The van der Waals surface area contributed by atoms with Crippen LogP contribution in [0.25, 0.3) is 43.7 Å². The Labute approximate surface area is 140 Å². The molecular formula is C23H15N. The third kappa shape index (κ3) is 1.99. The summed E-state index contributed by atoms with van der Waals surface area (Å²) >= 11 is 0. The van der Waals surface area contributed by atoms with Crippen molar-refractivity contribution in [2.45, 2.75) is 0 Å². The maximum absolute atomic E-state index is 4.98. The second-order valence-corrected chi connectivity index (χ2v) is 6.09. The largest absolute Gasteiger partial charge is 0.247 e. The van der Waals surface area contributed by atoms with Crippen LogP contribution in [-0.2, 0) is 0 Å². The minimum Gasteiger partial charge on any atom is -0.247 e. The third-order valence-electron chi connectivity index (χ3n) is 4.63. The van der Waals surface area contributed by atoms with E-state index in [9.17, 15) is 0 Å². The Morgan fingerprint density at radius 1 is 0.500 bits per heavy atom. The van der Waals surface area contributed by atoms with Crippen LogP contribution in [0.15, 0.2) is 91.0 Å². The average Bonchev–Trinajstić information content (AvgIpc) is 2.67. The lowest BCUT2D eigenvalue weighted by Crippen LogP contribution is -1.89. The summed E-state index contributed by atoms with van der Waals surface area (Å²) in [4.78, 5) is 4.98. The van der Waals surface area contributed by atoms with E-state index in [4.69, 9.17) is 4.98 Å². The molecule has 0 radical (unpaired) electrons. The summed E-state index contributed by atoms with van der Waals surface area (Å²) in [5.74, 6) is 0. The summed E-state index contributed by atoms with van der Waals surface area (Å²) in [5, 5.41) is 6.16. The van der Waals surface area contributed by atoms with Crippen LogP contribution in [0.4, 0.5) is 0 Å². The molecule has 0 spiro atoms. The van der Waals surface area contributed by atoms with Crippen molar-refractivity contribution in [2.75, 3.05) is 0 Å². The van der Waals surface area contributed by atoms with Gasteiger partial charge in [0, 0.05) is 16.3 Å². The lowest BCUT2D eigenvalue weighted by atomic mass is 9.98.